The van der Waals surface area contributed by atoms with E-state index in [-0.39, 0.29) is 19.0 Å². The van der Waals surface area contributed by atoms with Crippen LogP contribution in [0.1, 0.15) is 11.8 Å². The zero-order valence-corrected chi connectivity index (χ0v) is 13.7. The Kier molecular flexibility index (Phi) is 6.80. The summed E-state index contributed by atoms with van der Waals surface area (Å²) in [5, 5.41) is 2.69. The third-order valence-corrected chi connectivity index (χ3v) is 6.09. The minimum atomic E-state index is -3.52. The molecule has 1 aromatic heterocycles. The Balaban J connectivity index is 2.83. The maximum absolute atomic E-state index is 12.5. The average Bonchev–Trinajstić information content (AvgIpc) is 2.87. The monoisotopic (exact) mass is 328 g/mol. The molecule has 1 aromatic rings. The maximum atomic E-state index is 12.5. The molecular formula is C14H20N2O3S2. The highest BCUT2D eigenvalue weighted by Crippen LogP contribution is 2.25. The summed E-state index contributed by atoms with van der Waals surface area (Å²) >= 11 is 1.22. The van der Waals surface area contributed by atoms with E-state index in [1.54, 1.807) is 24.3 Å². The highest BCUT2D eigenvalue weighted by atomic mass is 32.2. The van der Waals surface area contributed by atoms with E-state index in [0.717, 1.165) is 4.88 Å². The number of thiophene rings is 1. The smallest absolute Gasteiger partial charge is 0.253 e. The van der Waals surface area contributed by atoms with Gasteiger partial charge in [-0.1, -0.05) is 12.2 Å². The van der Waals surface area contributed by atoms with Gasteiger partial charge in [0.2, 0.25) is 5.91 Å². The number of amides is 1. The lowest BCUT2D eigenvalue weighted by Gasteiger charge is -2.17. The van der Waals surface area contributed by atoms with Crippen LogP contribution in [0.4, 0.5) is 0 Å². The summed E-state index contributed by atoms with van der Waals surface area (Å²) in [4.78, 5) is 11.7. The quantitative estimate of drug-likeness (QED) is 0.703. The minimum absolute atomic E-state index is 0.0949. The number of nitrogens with one attached hydrogen (secondary N) is 1. The Labute approximate surface area is 130 Å². The lowest BCUT2D eigenvalue weighted by atomic mass is 10.3. The molecule has 0 unspecified atom stereocenters. The molecular weight excluding hydrogens is 308 g/mol. The molecule has 1 N–H and O–H groups in total. The van der Waals surface area contributed by atoms with Gasteiger partial charge in [-0.15, -0.1) is 24.5 Å². The molecule has 0 aliphatic heterocycles. The van der Waals surface area contributed by atoms with E-state index in [4.69, 9.17) is 0 Å². The van der Waals surface area contributed by atoms with Gasteiger partial charge in [-0.2, -0.15) is 4.31 Å². The highest BCUT2D eigenvalue weighted by molar-refractivity contribution is 7.91. The Morgan fingerprint density at radius 3 is 2.48 bits per heavy atom. The van der Waals surface area contributed by atoms with Gasteiger partial charge in [0.05, 0.1) is 0 Å². The Bertz CT molecular complexity index is 595. The number of hydrogen-bond acceptors (Lipinski definition) is 4. The highest BCUT2D eigenvalue weighted by Gasteiger charge is 2.24. The number of rotatable bonds is 9. The summed E-state index contributed by atoms with van der Waals surface area (Å²) in [5.41, 5.74) is 0. The summed E-state index contributed by atoms with van der Waals surface area (Å²) in [6.07, 6.45) is 3.71. The fourth-order valence-corrected chi connectivity index (χ4v) is 4.57. The van der Waals surface area contributed by atoms with Gasteiger partial charge in [0, 0.05) is 31.4 Å². The third-order valence-electron chi connectivity index (χ3n) is 2.64. The fraction of sp³-hybridized carbons (Fsp3) is 0.357. The summed E-state index contributed by atoms with van der Waals surface area (Å²) < 4.78 is 26.6. The molecule has 1 heterocycles. The van der Waals surface area contributed by atoms with Crippen molar-refractivity contribution in [2.24, 2.45) is 0 Å². The maximum Gasteiger partial charge on any atom is 0.253 e. The van der Waals surface area contributed by atoms with Crippen molar-refractivity contribution in [3.63, 3.8) is 0 Å². The van der Waals surface area contributed by atoms with Crippen LogP contribution in [-0.2, 0) is 21.2 Å². The number of carbonyl (C=O) groups excluding carboxylic acids is 1. The molecule has 0 radical (unpaired) electrons. The molecule has 0 saturated carbocycles. The van der Waals surface area contributed by atoms with Crippen molar-refractivity contribution in [3.05, 3.63) is 42.3 Å². The van der Waals surface area contributed by atoms with Gasteiger partial charge in [-0.05, 0) is 18.6 Å². The van der Waals surface area contributed by atoms with Crippen molar-refractivity contribution in [2.75, 3.05) is 19.6 Å². The van der Waals surface area contributed by atoms with E-state index in [9.17, 15) is 13.2 Å². The van der Waals surface area contributed by atoms with Crippen molar-refractivity contribution in [1.29, 1.82) is 0 Å². The standard InChI is InChI=1S/C14H20N2O3S2/c1-4-10-16(11-5-2)21(18,19)14-7-6-13(20-14)8-9-15-12(3)17/h4-7H,1-2,8-11H2,3H3,(H,15,17). The molecule has 0 atom stereocenters. The predicted octanol–water partition coefficient (Wildman–Crippen LogP) is 1.79. The van der Waals surface area contributed by atoms with Crippen molar-refractivity contribution in [1.82, 2.24) is 9.62 Å². The van der Waals surface area contributed by atoms with Crippen LogP contribution in [0.25, 0.3) is 0 Å². The normalized spacial score (nSPS) is 11.3. The van der Waals surface area contributed by atoms with Gasteiger partial charge < -0.3 is 5.32 Å². The van der Waals surface area contributed by atoms with Crippen LogP contribution in [0.3, 0.4) is 0 Å². The summed E-state index contributed by atoms with van der Waals surface area (Å²) in [6.45, 7) is 9.59. The van der Waals surface area contributed by atoms with Crippen LogP contribution in [-0.4, -0.2) is 38.3 Å². The number of sulfonamides is 1. The summed E-state index contributed by atoms with van der Waals surface area (Å²) in [6, 6.07) is 3.38. The lowest BCUT2D eigenvalue weighted by molar-refractivity contribution is -0.118. The molecule has 0 aliphatic rings. The molecule has 0 spiro atoms. The largest absolute Gasteiger partial charge is 0.356 e. The average molecular weight is 328 g/mol. The van der Waals surface area contributed by atoms with E-state index in [1.165, 1.54) is 22.6 Å². The van der Waals surface area contributed by atoms with Crippen LogP contribution < -0.4 is 5.32 Å². The Hall–Kier alpha value is -1.44. The van der Waals surface area contributed by atoms with E-state index in [2.05, 4.69) is 18.5 Å². The third kappa shape index (κ3) is 5.11. The topological polar surface area (TPSA) is 66.5 Å². The first kappa shape index (κ1) is 17.6. The van der Waals surface area contributed by atoms with Crippen LogP contribution in [0.5, 0.6) is 0 Å². The second kappa shape index (κ2) is 8.11. The summed E-state index contributed by atoms with van der Waals surface area (Å²) in [7, 11) is -3.52. The molecule has 0 bridgehead atoms. The minimum Gasteiger partial charge on any atom is -0.356 e. The van der Waals surface area contributed by atoms with Gasteiger partial charge in [-0.3, -0.25) is 4.79 Å². The summed E-state index contributed by atoms with van der Waals surface area (Å²) in [5.74, 6) is -0.0949. The molecule has 0 aliphatic carbocycles. The number of nitrogens with zero attached hydrogens (tertiary/aromatic N) is 1. The molecule has 0 saturated heterocycles. The molecule has 1 rings (SSSR count). The van der Waals surface area contributed by atoms with Crippen molar-refractivity contribution in [2.45, 2.75) is 17.6 Å². The van der Waals surface area contributed by atoms with E-state index < -0.39 is 10.0 Å². The van der Waals surface area contributed by atoms with Gasteiger partial charge in [-0.25, -0.2) is 8.42 Å². The fourth-order valence-electron chi connectivity index (χ4n) is 1.68. The van der Waals surface area contributed by atoms with E-state index in [1.807, 2.05) is 0 Å². The van der Waals surface area contributed by atoms with Gasteiger partial charge >= 0.3 is 0 Å². The number of hydrogen-bond donors (Lipinski definition) is 1. The van der Waals surface area contributed by atoms with Crippen LogP contribution in [0.15, 0.2) is 41.7 Å². The SMILES string of the molecule is C=CCN(CC=C)S(=O)(=O)c1ccc(CCNC(C)=O)s1. The molecule has 0 aromatic carbocycles. The van der Waals surface area contributed by atoms with E-state index in [0.29, 0.717) is 17.2 Å². The molecule has 116 valence electrons. The predicted molar refractivity (Wildman–Crippen MR) is 85.9 cm³/mol. The lowest BCUT2D eigenvalue weighted by Crippen LogP contribution is -2.30. The first-order valence-electron chi connectivity index (χ1n) is 6.47. The molecule has 0 fully saturated rings. The molecule has 5 nitrogen and oxygen atoms in total. The van der Waals surface area contributed by atoms with Crippen LogP contribution >= 0.6 is 11.3 Å². The zero-order chi connectivity index (χ0) is 15.9. The van der Waals surface area contributed by atoms with Crippen molar-refractivity contribution >= 4 is 27.3 Å². The van der Waals surface area contributed by atoms with Crippen LogP contribution in [0, 0.1) is 0 Å². The van der Waals surface area contributed by atoms with Gasteiger partial charge in [0.15, 0.2) is 0 Å². The van der Waals surface area contributed by atoms with Gasteiger partial charge in [0.25, 0.3) is 10.0 Å². The second-order valence-electron chi connectivity index (χ2n) is 4.35. The van der Waals surface area contributed by atoms with Crippen molar-refractivity contribution < 1.29 is 13.2 Å². The molecule has 7 heteroatoms. The van der Waals surface area contributed by atoms with Gasteiger partial charge in [0.1, 0.15) is 4.21 Å². The van der Waals surface area contributed by atoms with Crippen molar-refractivity contribution in [3.8, 4) is 0 Å². The first-order chi connectivity index (χ1) is 9.91. The van der Waals surface area contributed by atoms with E-state index >= 15 is 0 Å². The Morgan fingerprint density at radius 1 is 1.33 bits per heavy atom. The zero-order valence-electron chi connectivity index (χ0n) is 12.0. The molecule has 1 amide bonds. The number of carbonyl (C=O) groups is 1. The molecule has 21 heavy (non-hydrogen) atoms. The van der Waals surface area contributed by atoms with Crippen LogP contribution in [0.2, 0.25) is 0 Å². The first-order valence-corrected chi connectivity index (χ1v) is 8.72. The second-order valence-corrected chi connectivity index (χ2v) is 7.69. The Morgan fingerprint density at radius 2 is 1.95 bits per heavy atom.